The Morgan fingerprint density at radius 1 is 0.317 bits per heavy atom. The van der Waals surface area contributed by atoms with E-state index >= 15 is 0 Å². The van der Waals surface area contributed by atoms with Gasteiger partial charge in [-0.05, 0) is 69.8 Å². The first-order chi connectivity index (χ1) is 31.2. The molecule has 0 aliphatic rings. The van der Waals surface area contributed by atoms with Crippen LogP contribution in [-0.2, 0) is 5.41 Å². The van der Waals surface area contributed by atoms with Gasteiger partial charge in [-0.25, -0.2) is 4.98 Å². The van der Waals surface area contributed by atoms with Crippen LogP contribution in [0.5, 0.6) is 0 Å². The van der Waals surface area contributed by atoms with Crippen LogP contribution >= 0.6 is 0 Å². The molecule has 9 aromatic carbocycles. The Morgan fingerprint density at radius 2 is 0.841 bits per heavy atom. The molecular weight excluding hydrogens is 769 g/mol. The van der Waals surface area contributed by atoms with E-state index in [-0.39, 0.29) is 0 Å². The van der Waals surface area contributed by atoms with Crippen molar-refractivity contribution in [2.45, 2.75) is 5.41 Å². The molecule has 0 atom stereocenters. The average molecular weight is 807 g/mol. The van der Waals surface area contributed by atoms with Crippen LogP contribution in [0.4, 0.5) is 0 Å². The molecule has 0 amide bonds. The molecule has 63 heavy (non-hydrogen) atoms. The highest BCUT2D eigenvalue weighted by molar-refractivity contribution is 6.17. The fourth-order valence-corrected chi connectivity index (χ4v) is 9.53. The molecule has 12 aromatic rings. The van der Waals surface area contributed by atoms with E-state index in [1.54, 1.807) is 0 Å². The van der Waals surface area contributed by atoms with Crippen molar-refractivity contribution in [2.75, 3.05) is 0 Å². The van der Waals surface area contributed by atoms with Gasteiger partial charge in [0.05, 0.1) is 16.4 Å². The van der Waals surface area contributed by atoms with Gasteiger partial charge >= 0.3 is 0 Å². The lowest BCUT2D eigenvalue weighted by Crippen LogP contribution is -2.30. The van der Waals surface area contributed by atoms with Crippen molar-refractivity contribution in [1.82, 2.24) is 19.5 Å². The van der Waals surface area contributed by atoms with E-state index in [4.69, 9.17) is 19.4 Å². The number of aromatic nitrogens is 4. The monoisotopic (exact) mass is 806 g/mol. The van der Waals surface area contributed by atoms with Crippen LogP contribution in [0.15, 0.2) is 235 Å². The lowest BCUT2D eigenvalue weighted by molar-refractivity contribution is 0.669. The van der Waals surface area contributed by atoms with E-state index in [0.29, 0.717) is 17.6 Å². The van der Waals surface area contributed by atoms with Gasteiger partial charge in [0.25, 0.3) is 0 Å². The Morgan fingerprint density at radius 3 is 1.49 bits per heavy atom. The van der Waals surface area contributed by atoms with E-state index in [0.717, 1.165) is 71.6 Å². The Labute approximate surface area is 364 Å². The summed E-state index contributed by atoms with van der Waals surface area (Å²) >= 11 is 0. The molecule has 296 valence electrons. The van der Waals surface area contributed by atoms with Crippen molar-refractivity contribution in [1.29, 1.82) is 0 Å². The third-order valence-electron chi connectivity index (χ3n) is 12.4. The largest absolute Gasteiger partial charge is 0.456 e. The van der Waals surface area contributed by atoms with Crippen LogP contribution in [0.25, 0.3) is 83.6 Å². The summed E-state index contributed by atoms with van der Waals surface area (Å²) in [6, 6.07) is 81.2. The predicted octanol–water partition coefficient (Wildman–Crippen LogP) is 14.3. The van der Waals surface area contributed by atoms with Crippen LogP contribution in [-0.4, -0.2) is 19.5 Å². The second-order valence-electron chi connectivity index (χ2n) is 16.0. The zero-order valence-corrected chi connectivity index (χ0v) is 34.1. The second-order valence-corrected chi connectivity index (χ2v) is 16.0. The molecule has 0 saturated carbocycles. The summed E-state index contributed by atoms with van der Waals surface area (Å²) in [7, 11) is 0. The third-order valence-corrected chi connectivity index (χ3v) is 12.4. The first kappa shape index (κ1) is 36.4. The molecule has 0 N–H and O–H groups in total. The minimum atomic E-state index is -0.638. The van der Waals surface area contributed by atoms with E-state index in [1.165, 1.54) is 16.7 Å². The first-order valence-corrected chi connectivity index (χ1v) is 21.3. The maximum absolute atomic E-state index is 6.58. The molecule has 0 unspecified atom stereocenters. The Bertz CT molecular complexity index is 3500. The van der Waals surface area contributed by atoms with Gasteiger partial charge in [0.1, 0.15) is 11.2 Å². The van der Waals surface area contributed by atoms with Crippen molar-refractivity contribution in [2.24, 2.45) is 0 Å². The Kier molecular flexibility index (Phi) is 8.64. The summed E-state index contributed by atoms with van der Waals surface area (Å²) in [5, 5.41) is 4.19. The number of hydrogen-bond donors (Lipinski definition) is 0. The number of para-hydroxylation sites is 1. The number of hydrogen-bond acceptors (Lipinski definition) is 4. The van der Waals surface area contributed by atoms with Gasteiger partial charge in [-0.2, -0.15) is 9.97 Å². The number of benzene rings is 9. The normalized spacial score (nSPS) is 11.8. The second kappa shape index (κ2) is 14.9. The SMILES string of the molecule is c1ccc(-c2cccc(-c3nc(-c4ccccc4)nc(-n4c5ccc(C(c6ccccc6)(c6ccccc6)c6ccccc6)cc5c5cc6oc7ccccc7c6cc54)n3)c2)cc1. The van der Waals surface area contributed by atoms with Crippen molar-refractivity contribution in [3.8, 4) is 39.9 Å². The molecule has 0 aliphatic heterocycles. The number of fused-ring (bicyclic) bond motifs is 6. The van der Waals surface area contributed by atoms with Crippen LogP contribution in [0, 0.1) is 0 Å². The molecular formula is C58H38N4O. The van der Waals surface area contributed by atoms with E-state index in [9.17, 15) is 0 Å². The molecule has 3 aromatic heterocycles. The molecule has 0 aliphatic carbocycles. The zero-order chi connectivity index (χ0) is 41.7. The Hall–Kier alpha value is -8.41. The summed E-state index contributed by atoms with van der Waals surface area (Å²) in [4.78, 5) is 15.8. The molecule has 3 heterocycles. The summed E-state index contributed by atoms with van der Waals surface area (Å²) < 4.78 is 8.79. The van der Waals surface area contributed by atoms with Crippen molar-refractivity contribution >= 4 is 43.7 Å². The summed E-state index contributed by atoms with van der Waals surface area (Å²) in [5.74, 6) is 1.72. The summed E-state index contributed by atoms with van der Waals surface area (Å²) in [5.41, 5.74) is 11.7. The first-order valence-electron chi connectivity index (χ1n) is 21.3. The smallest absolute Gasteiger partial charge is 0.238 e. The van der Waals surface area contributed by atoms with Gasteiger partial charge in [0.15, 0.2) is 11.6 Å². The molecule has 0 saturated heterocycles. The van der Waals surface area contributed by atoms with Gasteiger partial charge in [-0.1, -0.05) is 194 Å². The van der Waals surface area contributed by atoms with Crippen molar-refractivity contribution in [3.05, 3.63) is 253 Å². The Balaban J connectivity index is 1.18. The number of rotatable bonds is 8. The van der Waals surface area contributed by atoms with Crippen LogP contribution in [0.1, 0.15) is 22.3 Å². The van der Waals surface area contributed by atoms with E-state index in [2.05, 4.69) is 199 Å². The topological polar surface area (TPSA) is 56.7 Å². The van der Waals surface area contributed by atoms with Crippen molar-refractivity contribution < 1.29 is 4.42 Å². The predicted molar refractivity (Wildman–Crippen MR) is 256 cm³/mol. The highest BCUT2D eigenvalue weighted by Crippen LogP contribution is 2.47. The zero-order valence-electron chi connectivity index (χ0n) is 34.1. The van der Waals surface area contributed by atoms with Crippen LogP contribution < -0.4 is 0 Å². The standard InChI is InChI=1S/C58H38N4O/c1-6-19-39(20-7-1)41-23-18-24-42(35-41)56-59-55(40-21-8-2-9-22-40)60-57(61-56)62-51-34-33-46(36-48(51)49-38-54-50(37-52(49)62)47-31-16-17-32-53(47)63-54)58(43-25-10-3-11-26-43,44-27-12-4-13-28-44)45-29-14-5-15-30-45/h1-38H. The lowest BCUT2D eigenvalue weighted by atomic mass is 9.65. The average Bonchev–Trinajstić information content (AvgIpc) is 3.89. The van der Waals surface area contributed by atoms with Gasteiger partial charge in [-0.15, -0.1) is 0 Å². The minimum Gasteiger partial charge on any atom is -0.456 e. The highest BCUT2D eigenvalue weighted by atomic mass is 16.3. The summed E-state index contributed by atoms with van der Waals surface area (Å²) in [6.45, 7) is 0. The highest BCUT2D eigenvalue weighted by Gasteiger charge is 2.38. The maximum atomic E-state index is 6.58. The minimum absolute atomic E-state index is 0.532. The molecule has 0 bridgehead atoms. The van der Waals surface area contributed by atoms with E-state index < -0.39 is 5.41 Å². The molecule has 0 fully saturated rings. The van der Waals surface area contributed by atoms with Gasteiger partial charge < -0.3 is 4.42 Å². The van der Waals surface area contributed by atoms with Gasteiger partial charge in [0, 0.05) is 32.7 Å². The summed E-state index contributed by atoms with van der Waals surface area (Å²) in [6.07, 6.45) is 0. The van der Waals surface area contributed by atoms with E-state index in [1.807, 2.05) is 36.4 Å². The molecule has 5 nitrogen and oxygen atoms in total. The molecule has 12 rings (SSSR count). The lowest BCUT2D eigenvalue weighted by Gasteiger charge is -2.37. The number of furan rings is 1. The number of nitrogens with zero attached hydrogens (tertiary/aromatic N) is 4. The fourth-order valence-electron chi connectivity index (χ4n) is 9.53. The fraction of sp³-hybridized carbons (Fsp3) is 0.0172. The third kappa shape index (κ3) is 6.05. The molecule has 0 spiro atoms. The molecule has 0 radical (unpaired) electrons. The van der Waals surface area contributed by atoms with Gasteiger partial charge in [0.2, 0.25) is 5.95 Å². The van der Waals surface area contributed by atoms with Crippen LogP contribution in [0.2, 0.25) is 0 Å². The maximum Gasteiger partial charge on any atom is 0.238 e. The molecule has 5 heteroatoms. The quantitative estimate of drug-likeness (QED) is 0.144. The van der Waals surface area contributed by atoms with Crippen molar-refractivity contribution in [3.63, 3.8) is 0 Å². The van der Waals surface area contributed by atoms with Gasteiger partial charge in [-0.3, -0.25) is 4.57 Å². The van der Waals surface area contributed by atoms with Crippen LogP contribution in [0.3, 0.4) is 0 Å².